The minimum Gasteiger partial charge on any atom is -0.488 e. The summed E-state index contributed by atoms with van der Waals surface area (Å²) in [6.07, 6.45) is -0.127. The van der Waals surface area contributed by atoms with Crippen LogP contribution in [0.4, 0.5) is 8.78 Å². The molecule has 12 heavy (non-hydrogen) atoms. The van der Waals surface area contributed by atoms with Crippen LogP contribution in [-0.4, -0.2) is 6.10 Å². The lowest BCUT2D eigenvalue weighted by atomic mass is 10.3. The molecule has 0 unspecified atom stereocenters. The number of hydrogen-bond donors (Lipinski definition) is 0. The van der Waals surface area contributed by atoms with Crippen molar-refractivity contribution in [3.8, 4) is 5.75 Å². The zero-order chi connectivity index (χ0) is 9.14. The highest BCUT2D eigenvalue weighted by molar-refractivity contribution is 5.23. The summed E-state index contributed by atoms with van der Waals surface area (Å²) in [5.74, 6) is -1.47. The maximum absolute atomic E-state index is 12.8. The molecule has 65 valence electrons. The first-order valence-electron chi connectivity index (χ1n) is 3.63. The second-order valence-corrected chi connectivity index (χ2v) is 2.65. The van der Waals surface area contributed by atoms with Gasteiger partial charge >= 0.3 is 0 Å². The van der Waals surface area contributed by atoms with Gasteiger partial charge in [0.25, 0.3) is 0 Å². The average molecular weight is 171 g/mol. The van der Waals surface area contributed by atoms with Crippen molar-refractivity contribution in [2.24, 2.45) is 0 Å². The van der Waals surface area contributed by atoms with Crippen LogP contribution in [0.25, 0.3) is 0 Å². The van der Waals surface area contributed by atoms with Crippen molar-refractivity contribution in [3.63, 3.8) is 0 Å². The zero-order valence-corrected chi connectivity index (χ0v) is 6.90. The fourth-order valence-electron chi connectivity index (χ4n) is 0.775. The van der Waals surface area contributed by atoms with Gasteiger partial charge in [-0.25, -0.2) is 8.78 Å². The smallest absolute Gasteiger partial charge is 0.176 e. The molecule has 1 radical (unpaired) electrons. The molecule has 0 amide bonds. The zero-order valence-electron chi connectivity index (χ0n) is 6.90. The van der Waals surface area contributed by atoms with E-state index in [0.717, 1.165) is 6.07 Å². The molecule has 0 heterocycles. The standard InChI is InChI=1S/C9H9F2O/c1-6(2)12-9-4-3-7(10)5-8(9)11/h3-4,6H,1-2H3. The van der Waals surface area contributed by atoms with Crippen LogP contribution in [0, 0.1) is 17.7 Å². The fraction of sp³-hybridized carbons (Fsp3) is 0.333. The Morgan fingerprint density at radius 3 is 2.50 bits per heavy atom. The minimum absolute atomic E-state index is 0.0337. The monoisotopic (exact) mass is 171 g/mol. The van der Waals surface area contributed by atoms with Crippen LogP contribution < -0.4 is 4.74 Å². The van der Waals surface area contributed by atoms with E-state index in [1.165, 1.54) is 6.07 Å². The largest absolute Gasteiger partial charge is 0.488 e. The highest BCUT2D eigenvalue weighted by atomic mass is 19.1. The highest BCUT2D eigenvalue weighted by Gasteiger charge is 2.06. The van der Waals surface area contributed by atoms with Crippen LogP contribution >= 0.6 is 0 Å². The molecule has 0 saturated heterocycles. The Labute approximate surface area is 70.0 Å². The number of hydrogen-bond acceptors (Lipinski definition) is 1. The van der Waals surface area contributed by atoms with Gasteiger partial charge in [-0.1, -0.05) is 0 Å². The van der Waals surface area contributed by atoms with Crippen molar-refractivity contribution in [1.29, 1.82) is 0 Å². The fourth-order valence-corrected chi connectivity index (χ4v) is 0.775. The summed E-state index contributed by atoms with van der Waals surface area (Å²) < 4.78 is 30.2. The molecule has 0 aliphatic rings. The van der Waals surface area contributed by atoms with Crippen molar-refractivity contribution in [3.05, 3.63) is 29.8 Å². The molecule has 0 N–H and O–H groups in total. The van der Waals surface area contributed by atoms with Gasteiger partial charge in [-0.15, -0.1) is 0 Å². The normalized spacial score (nSPS) is 10.4. The Bertz CT molecular complexity index is 271. The number of benzene rings is 1. The summed E-state index contributed by atoms with van der Waals surface area (Å²) in [7, 11) is 0. The second-order valence-electron chi connectivity index (χ2n) is 2.65. The molecule has 0 bridgehead atoms. The van der Waals surface area contributed by atoms with E-state index >= 15 is 0 Å². The third-order valence-electron chi connectivity index (χ3n) is 1.19. The van der Waals surface area contributed by atoms with Gasteiger partial charge in [-0.05, 0) is 26.0 Å². The molecule has 0 saturated carbocycles. The van der Waals surface area contributed by atoms with Gasteiger partial charge < -0.3 is 4.74 Å². The van der Waals surface area contributed by atoms with Gasteiger partial charge in [0, 0.05) is 0 Å². The van der Waals surface area contributed by atoms with E-state index in [0.29, 0.717) is 0 Å². The molecule has 3 heteroatoms. The summed E-state index contributed by atoms with van der Waals surface area (Å²) in [5.41, 5.74) is 0. The van der Waals surface area contributed by atoms with Crippen LogP contribution in [0.3, 0.4) is 0 Å². The van der Waals surface area contributed by atoms with E-state index < -0.39 is 11.6 Å². The summed E-state index contributed by atoms with van der Waals surface area (Å²) in [6, 6.07) is 4.25. The molecule has 0 atom stereocenters. The van der Waals surface area contributed by atoms with Gasteiger partial charge in [-0.2, -0.15) is 0 Å². The first-order chi connectivity index (χ1) is 5.59. The van der Waals surface area contributed by atoms with E-state index in [9.17, 15) is 8.78 Å². The number of ether oxygens (including phenoxy) is 1. The third-order valence-corrected chi connectivity index (χ3v) is 1.19. The van der Waals surface area contributed by atoms with Gasteiger partial charge in [0.15, 0.2) is 11.6 Å². The first kappa shape index (κ1) is 8.97. The van der Waals surface area contributed by atoms with Crippen LogP contribution in [-0.2, 0) is 0 Å². The second kappa shape index (κ2) is 3.52. The molecule has 0 aromatic heterocycles. The van der Waals surface area contributed by atoms with Crippen molar-refractivity contribution < 1.29 is 13.5 Å². The predicted molar refractivity (Wildman–Crippen MR) is 41.0 cm³/mol. The average Bonchev–Trinajstić information content (AvgIpc) is 1.94. The lowest BCUT2D eigenvalue weighted by molar-refractivity contribution is 0.230. The Morgan fingerprint density at radius 2 is 2.00 bits per heavy atom. The van der Waals surface area contributed by atoms with E-state index in [1.807, 2.05) is 6.07 Å². The van der Waals surface area contributed by atoms with E-state index in [2.05, 4.69) is 0 Å². The molecular formula is C9H9F2O. The molecule has 1 aromatic rings. The number of rotatable bonds is 2. The third kappa shape index (κ3) is 2.19. The summed E-state index contributed by atoms with van der Waals surface area (Å²) in [5, 5.41) is 0. The summed E-state index contributed by atoms with van der Waals surface area (Å²) in [4.78, 5) is 0. The van der Waals surface area contributed by atoms with Gasteiger partial charge in [0.2, 0.25) is 0 Å². The molecule has 1 rings (SSSR count). The molecule has 0 spiro atoms. The van der Waals surface area contributed by atoms with E-state index in [4.69, 9.17) is 4.74 Å². The maximum atomic E-state index is 12.8. The van der Waals surface area contributed by atoms with Crippen molar-refractivity contribution >= 4 is 0 Å². The molecule has 0 fully saturated rings. The van der Waals surface area contributed by atoms with Gasteiger partial charge in [-0.3, -0.25) is 0 Å². The first-order valence-corrected chi connectivity index (χ1v) is 3.63. The van der Waals surface area contributed by atoms with Crippen molar-refractivity contribution in [2.45, 2.75) is 20.0 Å². The Hall–Kier alpha value is -1.12. The minimum atomic E-state index is -0.788. The highest BCUT2D eigenvalue weighted by Crippen LogP contribution is 2.17. The molecular weight excluding hydrogens is 162 g/mol. The van der Waals surface area contributed by atoms with Crippen LogP contribution in [0.1, 0.15) is 13.8 Å². The van der Waals surface area contributed by atoms with E-state index in [-0.39, 0.29) is 11.9 Å². The lowest BCUT2D eigenvalue weighted by Crippen LogP contribution is -2.06. The quantitative estimate of drug-likeness (QED) is 0.664. The number of halogens is 2. The molecule has 0 aliphatic carbocycles. The van der Waals surface area contributed by atoms with Crippen molar-refractivity contribution in [2.75, 3.05) is 0 Å². The van der Waals surface area contributed by atoms with Crippen molar-refractivity contribution in [1.82, 2.24) is 0 Å². The Morgan fingerprint density at radius 1 is 1.33 bits per heavy atom. The van der Waals surface area contributed by atoms with Crippen LogP contribution in [0.15, 0.2) is 12.1 Å². The maximum Gasteiger partial charge on any atom is 0.176 e. The Kier molecular flexibility index (Phi) is 2.63. The van der Waals surface area contributed by atoms with Crippen LogP contribution in [0.2, 0.25) is 0 Å². The van der Waals surface area contributed by atoms with Gasteiger partial charge in [0.05, 0.1) is 12.2 Å². The van der Waals surface area contributed by atoms with Crippen LogP contribution in [0.5, 0.6) is 5.75 Å². The summed E-state index contributed by atoms with van der Waals surface area (Å²) in [6.45, 7) is 3.53. The van der Waals surface area contributed by atoms with Gasteiger partial charge in [0.1, 0.15) is 5.82 Å². The molecule has 1 aromatic carbocycles. The Balaban J connectivity index is 2.86. The SMILES string of the molecule is CC(C)Oc1ccc(F)[c]c1F. The summed E-state index contributed by atoms with van der Waals surface area (Å²) >= 11 is 0. The topological polar surface area (TPSA) is 9.23 Å². The molecule has 1 nitrogen and oxygen atoms in total. The van der Waals surface area contributed by atoms with E-state index in [1.54, 1.807) is 13.8 Å². The lowest BCUT2D eigenvalue weighted by Gasteiger charge is -2.09. The molecule has 0 aliphatic heterocycles. The predicted octanol–water partition coefficient (Wildman–Crippen LogP) is 2.55.